The Hall–Kier alpha value is -3.03. The number of halogens is 3. The van der Waals surface area contributed by atoms with Crippen LogP contribution in [0.2, 0.25) is 0 Å². The van der Waals surface area contributed by atoms with Gasteiger partial charge in [0.25, 0.3) is 0 Å². The molecule has 5 nitrogen and oxygen atoms in total. The van der Waals surface area contributed by atoms with E-state index in [0.717, 1.165) is 12.1 Å². The molecule has 2 aromatic carbocycles. The Morgan fingerprint density at radius 1 is 1.08 bits per heavy atom. The van der Waals surface area contributed by atoms with Gasteiger partial charge in [0.05, 0.1) is 24.9 Å². The van der Waals surface area contributed by atoms with Crippen molar-refractivity contribution in [2.75, 3.05) is 12.4 Å². The summed E-state index contributed by atoms with van der Waals surface area (Å²) in [7, 11) is 1.52. The number of hydrogen-bond acceptors (Lipinski definition) is 5. The molecule has 3 aromatic rings. The summed E-state index contributed by atoms with van der Waals surface area (Å²) in [6.45, 7) is -0.0514. The molecule has 0 aliphatic heterocycles. The molecule has 0 spiro atoms. The topological polar surface area (TPSA) is 60.2 Å². The fraction of sp³-hybridized carbons (Fsp3) is 0.125. The molecule has 0 fully saturated rings. The van der Waals surface area contributed by atoms with E-state index in [4.69, 9.17) is 9.26 Å². The van der Waals surface area contributed by atoms with Crippen molar-refractivity contribution in [3.05, 3.63) is 59.7 Å². The Morgan fingerprint density at radius 3 is 2.67 bits per heavy atom. The minimum atomic E-state index is -1.54. The standard InChI is InChI=1S/C16H12F3N3O2/c1-23-12-5-3-2-4-9(12)16-21-13(24-22-16)8-20-11-7-6-10(17)14(18)15(11)19/h2-7,20H,8H2,1H3. The highest BCUT2D eigenvalue weighted by atomic mass is 19.2. The average Bonchev–Trinajstić information content (AvgIpc) is 3.08. The lowest BCUT2D eigenvalue weighted by molar-refractivity contribution is 0.382. The average molecular weight is 335 g/mol. The van der Waals surface area contributed by atoms with Gasteiger partial charge in [0.1, 0.15) is 5.75 Å². The van der Waals surface area contributed by atoms with Gasteiger partial charge in [-0.1, -0.05) is 17.3 Å². The molecule has 0 amide bonds. The van der Waals surface area contributed by atoms with Gasteiger partial charge in [-0.15, -0.1) is 0 Å². The van der Waals surface area contributed by atoms with Crippen LogP contribution in [0.1, 0.15) is 5.89 Å². The molecule has 1 heterocycles. The third-order valence-corrected chi connectivity index (χ3v) is 3.28. The fourth-order valence-electron chi connectivity index (χ4n) is 2.10. The van der Waals surface area contributed by atoms with Crippen LogP contribution in [0.4, 0.5) is 18.9 Å². The molecule has 1 aromatic heterocycles. The molecule has 124 valence electrons. The number of aromatic nitrogens is 2. The van der Waals surface area contributed by atoms with Crippen LogP contribution in [0.25, 0.3) is 11.4 Å². The maximum Gasteiger partial charge on any atom is 0.246 e. The Labute approximate surface area is 135 Å². The van der Waals surface area contributed by atoms with Crippen molar-refractivity contribution in [3.63, 3.8) is 0 Å². The largest absolute Gasteiger partial charge is 0.496 e. The Balaban J connectivity index is 1.77. The molecule has 0 saturated carbocycles. The molecule has 8 heteroatoms. The molecule has 0 bridgehead atoms. The van der Waals surface area contributed by atoms with Gasteiger partial charge in [0.2, 0.25) is 11.7 Å². The van der Waals surface area contributed by atoms with Crippen LogP contribution < -0.4 is 10.1 Å². The molecular formula is C16H12F3N3O2. The van der Waals surface area contributed by atoms with E-state index in [9.17, 15) is 13.2 Å². The van der Waals surface area contributed by atoms with Crippen molar-refractivity contribution < 1.29 is 22.4 Å². The zero-order valence-corrected chi connectivity index (χ0v) is 12.5. The molecule has 1 N–H and O–H groups in total. The van der Waals surface area contributed by atoms with Crippen molar-refractivity contribution in [1.29, 1.82) is 0 Å². The number of rotatable bonds is 5. The van der Waals surface area contributed by atoms with Crippen molar-refractivity contribution in [1.82, 2.24) is 10.1 Å². The Bertz CT molecular complexity index is 868. The first-order valence-corrected chi connectivity index (χ1v) is 6.93. The quantitative estimate of drug-likeness (QED) is 0.719. The summed E-state index contributed by atoms with van der Waals surface area (Å²) in [5.41, 5.74) is 0.431. The second kappa shape index (κ2) is 6.61. The lowest BCUT2D eigenvalue weighted by atomic mass is 10.2. The summed E-state index contributed by atoms with van der Waals surface area (Å²) in [6, 6.07) is 9.02. The van der Waals surface area contributed by atoms with E-state index in [1.165, 1.54) is 7.11 Å². The third-order valence-electron chi connectivity index (χ3n) is 3.28. The van der Waals surface area contributed by atoms with Crippen LogP contribution in [0, 0.1) is 17.5 Å². The number of hydrogen-bond donors (Lipinski definition) is 1. The predicted octanol–water partition coefficient (Wildman–Crippen LogP) is 3.77. The predicted molar refractivity (Wildman–Crippen MR) is 79.9 cm³/mol. The van der Waals surface area contributed by atoms with Crippen LogP contribution in [-0.2, 0) is 6.54 Å². The Kier molecular flexibility index (Phi) is 4.37. The number of nitrogens with zero attached hydrogens (tertiary/aromatic N) is 2. The highest BCUT2D eigenvalue weighted by Gasteiger charge is 2.15. The smallest absolute Gasteiger partial charge is 0.246 e. The molecule has 0 radical (unpaired) electrons. The molecule has 0 aliphatic rings. The second-order valence-electron chi connectivity index (χ2n) is 4.79. The molecule has 24 heavy (non-hydrogen) atoms. The number of nitrogens with one attached hydrogen (secondary N) is 1. The molecule has 3 rings (SSSR count). The highest BCUT2D eigenvalue weighted by Crippen LogP contribution is 2.27. The summed E-state index contributed by atoms with van der Waals surface area (Å²) in [6.07, 6.45) is 0. The van der Waals surface area contributed by atoms with Gasteiger partial charge in [-0.05, 0) is 24.3 Å². The summed E-state index contributed by atoms with van der Waals surface area (Å²) in [5, 5.41) is 6.41. The van der Waals surface area contributed by atoms with Gasteiger partial charge >= 0.3 is 0 Å². The first-order valence-electron chi connectivity index (χ1n) is 6.93. The lowest BCUT2D eigenvalue weighted by Crippen LogP contribution is -2.04. The zero-order chi connectivity index (χ0) is 17.1. The maximum absolute atomic E-state index is 13.6. The summed E-state index contributed by atoms with van der Waals surface area (Å²) in [5.74, 6) is -3.08. The van der Waals surface area contributed by atoms with Gasteiger partial charge in [-0.2, -0.15) is 4.98 Å². The van der Waals surface area contributed by atoms with Crippen molar-refractivity contribution >= 4 is 5.69 Å². The van der Waals surface area contributed by atoms with Crippen LogP contribution in [-0.4, -0.2) is 17.3 Å². The molecule has 0 atom stereocenters. The minimum Gasteiger partial charge on any atom is -0.496 e. The second-order valence-corrected chi connectivity index (χ2v) is 4.79. The van der Waals surface area contributed by atoms with Gasteiger partial charge in [0, 0.05) is 0 Å². The summed E-state index contributed by atoms with van der Waals surface area (Å²) >= 11 is 0. The number of ether oxygens (including phenoxy) is 1. The van der Waals surface area contributed by atoms with E-state index >= 15 is 0 Å². The highest BCUT2D eigenvalue weighted by molar-refractivity contribution is 5.63. The van der Waals surface area contributed by atoms with E-state index < -0.39 is 17.5 Å². The van der Waals surface area contributed by atoms with Crippen LogP contribution in [0.15, 0.2) is 40.9 Å². The Morgan fingerprint density at radius 2 is 1.88 bits per heavy atom. The van der Waals surface area contributed by atoms with Crippen molar-refractivity contribution in [2.45, 2.75) is 6.54 Å². The van der Waals surface area contributed by atoms with Crippen molar-refractivity contribution in [3.8, 4) is 17.1 Å². The summed E-state index contributed by atoms with van der Waals surface area (Å²) < 4.78 is 49.9. The van der Waals surface area contributed by atoms with Crippen LogP contribution in [0.5, 0.6) is 5.75 Å². The number of methoxy groups -OCH3 is 1. The van der Waals surface area contributed by atoms with Gasteiger partial charge < -0.3 is 14.6 Å². The zero-order valence-electron chi connectivity index (χ0n) is 12.5. The van der Waals surface area contributed by atoms with Crippen LogP contribution >= 0.6 is 0 Å². The van der Waals surface area contributed by atoms with Gasteiger partial charge in [-0.25, -0.2) is 13.2 Å². The monoisotopic (exact) mass is 335 g/mol. The maximum atomic E-state index is 13.6. The van der Waals surface area contributed by atoms with E-state index in [2.05, 4.69) is 15.5 Å². The molecule has 0 aliphatic carbocycles. The number of benzene rings is 2. The normalized spacial score (nSPS) is 10.7. The van der Waals surface area contributed by atoms with Crippen LogP contribution in [0.3, 0.4) is 0 Å². The fourth-order valence-corrected chi connectivity index (χ4v) is 2.10. The SMILES string of the molecule is COc1ccccc1-c1noc(CNc2ccc(F)c(F)c2F)n1. The van der Waals surface area contributed by atoms with Crippen molar-refractivity contribution in [2.24, 2.45) is 0 Å². The first-order chi connectivity index (χ1) is 11.6. The lowest BCUT2D eigenvalue weighted by Gasteiger charge is -2.05. The molecule has 0 unspecified atom stereocenters. The van der Waals surface area contributed by atoms with E-state index in [-0.39, 0.29) is 18.1 Å². The number of para-hydroxylation sites is 1. The van der Waals surface area contributed by atoms with Gasteiger partial charge in [0.15, 0.2) is 17.5 Å². The first kappa shape index (κ1) is 15.9. The van der Waals surface area contributed by atoms with E-state index in [1.54, 1.807) is 24.3 Å². The van der Waals surface area contributed by atoms with E-state index in [1.807, 2.05) is 0 Å². The van der Waals surface area contributed by atoms with Gasteiger partial charge in [-0.3, -0.25) is 0 Å². The number of anilines is 1. The third kappa shape index (κ3) is 3.03. The van der Waals surface area contributed by atoms with E-state index in [0.29, 0.717) is 17.1 Å². The molecular weight excluding hydrogens is 323 g/mol. The summed E-state index contributed by atoms with van der Waals surface area (Å²) in [4.78, 5) is 4.16. The minimum absolute atomic E-state index is 0.0514. The molecule has 0 saturated heterocycles.